The van der Waals surface area contributed by atoms with E-state index in [0.717, 1.165) is 67.3 Å². The maximum Gasteiger partial charge on any atom is 0.257 e. The van der Waals surface area contributed by atoms with Crippen molar-refractivity contribution >= 4 is 17.0 Å². The molecule has 5 rings (SSSR count). The molecule has 3 aromatic rings. The number of aromatic amines is 1. The van der Waals surface area contributed by atoms with Gasteiger partial charge in [0.25, 0.3) is 5.56 Å². The van der Waals surface area contributed by atoms with Crippen molar-refractivity contribution in [3.05, 3.63) is 57.8 Å². The lowest BCUT2D eigenvalue weighted by molar-refractivity contribution is 0.242. The Kier molecular flexibility index (Phi) is 4.75. The average Bonchev–Trinajstić information content (AvgIpc) is 2.74. The number of nitrogens with one attached hydrogen (secondary N) is 1. The number of rotatable bonds is 3. The molecule has 0 amide bonds. The summed E-state index contributed by atoms with van der Waals surface area (Å²) in [7, 11) is 0. The fraction of sp³-hybridized carbons (Fsp3) is 0.455. The lowest BCUT2D eigenvalue weighted by atomic mass is 10.0. The summed E-state index contributed by atoms with van der Waals surface area (Å²) in [5.74, 6) is 1.40. The Morgan fingerprint density at radius 1 is 1.17 bits per heavy atom. The minimum absolute atomic E-state index is 0.0114. The van der Waals surface area contributed by atoms with Crippen molar-refractivity contribution in [3.63, 3.8) is 0 Å². The molecule has 0 spiro atoms. The van der Waals surface area contributed by atoms with Crippen LogP contribution in [0.25, 0.3) is 11.0 Å². The summed E-state index contributed by atoms with van der Waals surface area (Å²) < 4.78 is 0. The first-order valence-corrected chi connectivity index (χ1v) is 10.4. The predicted molar refractivity (Wildman–Crippen MR) is 113 cm³/mol. The summed E-state index contributed by atoms with van der Waals surface area (Å²) in [5, 5.41) is 0. The molecule has 1 aromatic carbocycles. The Morgan fingerprint density at radius 3 is 2.90 bits per heavy atom. The standard InChI is InChI=1S/C22H26N6O/c1-15-3-2-9-28(12-15)22-25-18-6-10-27(14-17(18)21(29)26-22)13-16-4-5-19-20(11-16)24-8-7-23-19/h4-5,7-8,11,15H,2-3,6,9-10,12-14H2,1H3,(H,25,26,29)/t15-/m1/s1. The van der Waals surface area contributed by atoms with Crippen molar-refractivity contribution in [2.45, 2.75) is 39.3 Å². The zero-order valence-corrected chi connectivity index (χ0v) is 16.8. The van der Waals surface area contributed by atoms with Gasteiger partial charge in [-0.1, -0.05) is 13.0 Å². The minimum Gasteiger partial charge on any atom is -0.342 e. The van der Waals surface area contributed by atoms with E-state index in [9.17, 15) is 4.79 Å². The molecule has 0 radical (unpaired) electrons. The monoisotopic (exact) mass is 390 g/mol. The number of anilines is 1. The van der Waals surface area contributed by atoms with Crippen LogP contribution in [-0.4, -0.2) is 44.5 Å². The maximum atomic E-state index is 12.8. The van der Waals surface area contributed by atoms with Crippen molar-refractivity contribution in [1.29, 1.82) is 0 Å². The third-order valence-electron chi connectivity index (χ3n) is 6.03. The molecule has 0 saturated carbocycles. The Bertz CT molecular complexity index is 1090. The number of hydrogen-bond donors (Lipinski definition) is 1. The second kappa shape index (κ2) is 7.55. The molecule has 0 bridgehead atoms. The molecule has 1 fully saturated rings. The zero-order chi connectivity index (χ0) is 19.8. The van der Waals surface area contributed by atoms with Crippen LogP contribution < -0.4 is 10.5 Å². The molecule has 4 heterocycles. The highest BCUT2D eigenvalue weighted by Crippen LogP contribution is 2.22. The highest BCUT2D eigenvalue weighted by molar-refractivity contribution is 5.74. The van der Waals surface area contributed by atoms with Crippen LogP contribution in [0.2, 0.25) is 0 Å². The van der Waals surface area contributed by atoms with Crippen LogP contribution in [0.3, 0.4) is 0 Å². The summed E-state index contributed by atoms with van der Waals surface area (Å²) in [6.07, 6.45) is 6.65. The van der Waals surface area contributed by atoms with E-state index in [2.05, 4.69) is 43.8 Å². The molecule has 1 saturated heterocycles. The molecular weight excluding hydrogens is 364 g/mol. The quantitative estimate of drug-likeness (QED) is 0.740. The Labute approximate surface area is 169 Å². The Morgan fingerprint density at radius 2 is 2.03 bits per heavy atom. The number of H-pyrrole nitrogens is 1. The summed E-state index contributed by atoms with van der Waals surface area (Å²) in [5.41, 5.74) is 4.78. The van der Waals surface area contributed by atoms with Gasteiger partial charge < -0.3 is 4.90 Å². The molecular formula is C22H26N6O. The van der Waals surface area contributed by atoms with Crippen molar-refractivity contribution in [2.24, 2.45) is 5.92 Å². The van der Waals surface area contributed by atoms with E-state index in [0.29, 0.717) is 12.5 Å². The summed E-state index contributed by atoms with van der Waals surface area (Å²) in [4.78, 5) is 34.0. The first-order chi connectivity index (χ1) is 14.2. The predicted octanol–water partition coefficient (Wildman–Crippen LogP) is 2.51. The Hall–Kier alpha value is -2.80. The Balaban J connectivity index is 1.34. The lowest BCUT2D eigenvalue weighted by Gasteiger charge is -2.33. The highest BCUT2D eigenvalue weighted by Gasteiger charge is 2.24. The van der Waals surface area contributed by atoms with Gasteiger partial charge in [-0.15, -0.1) is 0 Å². The van der Waals surface area contributed by atoms with Crippen molar-refractivity contribution in [3.8, 4) is 0 Å². The average molecular weight is 390 g/mol. The molecule has 1 atom stereocenters. The van der Waals surface area contributed by atoms with Gasteiger partial charge >= 0.3 is 0 Å². The van der Waals surface area contributed by atoms with Crippen LogP contribution in [-0.2, 0) is 19.5 Å². The van der Waals surface area contributed by atoms with E-state index in [1.807, 2.05) is 6.07 Å². The van der Waals surface area contributed by atoms with E-state index in [1.54, 1.807) is 12.4 Å². The van der Waals surface area contributed by atoms with E-state index in [-0.39, 0.29) is 5.56 Å². The largest absolute Gasteiger partial charge is 0.342 e. The molecule has 0 aliphatic carbocycles. The third kappa shape index (κ3) is 3.74. The number of benzene rings is 1. The number of fused-ring (bicyclic) bond motifs is 2. The summed E-state index contributed by atoms with van der Waals surface area (Å²) in [6, 6.07) is 6.19. The van der Waals surface area contributed by atoms with Gasteiger partial charge in [-0.3, -0.25) is 24.6 Å². The number of hydrogen-bond acceptors (Lipinski definition) is 6. The van der Waals surface area contributed by atoms with Crippen LogP contribution >= 0.6 is 0 Å². The second-order valence-electron chi connectivity index (χ2n) is 8.35. The van der Waals surface area contributed by atoms with E-state index >= 15 is 0 Å². The smallest absolute Gasteiger partial charge is 0.257 e. The molecule has 0 unspecified atom stereocenters. The van der Waals surface area contributed by atoms with E-state index in [4.69, 9.17) is 4.98 Å². The number of aromatic nitrogens is 4. The normalized spacial score (nSPS) is 20.0. The van der Waals surface area contributed by atoms with Crippen LogP contribution in [0.1, 0.15) is 36.6 Å². The van der Waals surface area contributed by atoms with Gasteiger partial charge in [0.15, 0.2) is 0 Å². The van der Waals surface area contributed by atoms with E-state index < -0.39 is 0 Å². The van der Waals surface area contributed by atoms with Gasteiger partial charge in [-0.05, 0) is 36.5 Å². The molecule has 2 aliphatic rings. The van der Waals surface area contributed by atoms with Crippen LogP contribution in [0, 0.1) is 5.92 Å². The van der Waals surface area contributed by atoms with Gasteiger partial charge in [0.1, 0.15) is 0 Å². The summed E-state index contributed by atoms with van der Waals surface area (Å²) >= 11 is 0. The van der Waals surface area contributed by atoms with E-state index in [1.165, 1.54) is 12.0 Å². The molecule has 7 nitrogen and oxygen atoms in total. The second-order valence-corrected chi connectivity index (χ2v) is 8.35. The van der Waals surface area contributed by atoms with Gasteiger partial charge in [-0.2, -0.15) is 0 Å². The fourth-order valence-corrected chi connectivity index (χ4v) is 4.50. The van der Waals surface area contributed by atoms with Crippen molar-refractivity contribution < 1.29 is 0 Å². The van der Waals surface area contributed by atoms with Crippen LogP contribution in [0.4, 0.5) is 5.95 Å². The third-order valence-corrected chi connectivity index (χ3v) is 6.03. The summed E-state index contributed by atoms with van der Waals surface area (Å²) in [6.45, 7) is 6.53. The molecule has 7 heteroatoms. The van der Waals surface area contributed by atoms with Crippen molar-refractivity contribution in [2.75, 3.05) is 24.5 Å². The van der Waals surface area contributed by atoms with Gasteiger partial charge in [-0.25, -0.2) is 4.98 Å². The zero-order valence-electron chi connectivity index (χ0n) is 16.8. The topological polar surface area (TPSA) is 78.0 Å². The maximum absolute atomic E-state index is 12.8. The van der Waals surface area contributed by atoms with Gasteiger partial charge in [0.2, 0.25) is 5.95 Å². The first-order valence-electron chi connectivity index (χ1n) is 10.4. The fourth-order valence-electron chi connectivity index (χ4n) is 4.50. The molecule has 1 N–H and O–H groups in total. The van der Waals surface area contributed by atoms with Crippen molar-refractivity contribution in [1.82, 2.24) is 24.8 Å². The van der Waals surface area contributed by atoms with Gasteiger partial charge in [0.05, 0.1) is 22.3 Å². The molecule has 29 heavy (non-hydrogen) atoms. The van der Waals surface area contributed by atoms with Crippen LogP contribution in [0.15, 0.2) is 35.4 Å². The first kappa shape index (κ1) is 18.2. The van der Waals surface area contributed by atoms with Crippen LogP contribution in [0.5, 0.6) is 0 Å². The van der Waals surface area contributed by atoms with Gasteiger partial charge in [0, 0.05) is 51.5 Å². The number of nitrogens with zero attached hydrogens (tertiary/aromatic N) is 5. The molecule has 2 aliphatic heterocycles. The molecule has 2 aromatic heterocycles. The SMILES string of the molecule is C[C@@H]1CCCN(c2nc3c(c(=O)[nH]2)CN(Cc2ccc4nccnc4c2)CC3)C1. The minimum atomic E-state index is 0.0114. The highest BCUT2D eigenvalue weighted by atomic mass is 16.1. The molecule has 150 valence electrons. The lowest BCUT2D eigenvalue weighted by Crippen LogP contribution is -2.39. The number of piperidine rings is 1.